The molecule has 2 heterocycles. The zero-order valence-corrected chi connectivity index (χ0v) is 14.5. The van der Waals surface area contributed by atoms with Crippen molar-refractivity contribution in [2.75, 3.05) is 0 Å². The van der Waals surface area contributed by atoms with Gasteiger partial charge in [-0.3, -0.25) is 4.68 Å². The summed E-state index contributed by atoms with van der Waals surface area (Å²) in [6.07, 6.45) is 4.87. The number of hydrogen-bond acceptors (Lipinski definition) is 3. The molecule has 4 rings (SSSR count). The summed E-state index contributed by atoms with van der Waals surface area (Å²) in [6.45, 7) is 1.92. The summed E-state index contributed by atoms with van der Waals surface area (Å²) in [5, 5.41) is 11.4. The van der Waals surface area contributed by atoms with Crippen LogP contribution in [0.3, 0.4) is 0 Å². The Morgan fingerprint density at radius 2 is 2.24 bits per heavy atom. The first kappa shape index (κ1) is 15.7. The molecule has 25 heavy (non-hydrogen) atoms. The molecule has 0 saturated carbocycles. The van der Waals surface area contributed by atoms with Crippen molar-refractivity contribution in [3.8, 4) is 0 Å². The first-order chi connectivity index (χ1) is 12.1. The van der Waals surface area contributed by atoms with Crippen LogP contribution in [0.25, 0.3) is 11.0 Å². The minimum absolute atomic E-state index is 0.0142. The summed E-state index contributed by atoms with van der Waals surface area (Å²) in [4.78, 5) is 12.4. The molecule has 0 bridgehead atoms. The van der Waals surface area contributed by atoms with Gasteiger partial charge < -0.3 is 15.1 Å². The Labute approximate surface area is 146 Å². The number of urea groups is 1. The topological polar surface area (TPSA) is 72.1 Å². The lowest BCUT2D eigenvalue weighted by molar-refractivity contribution is 0.231. The summed E-state index contributed by atoms with van der Waals surface area (Å²) >= 11 is 0. The first-order valence-corrected chi connectivity index (χ1v) is 8.68. The second-order valence-electron chi connectivity index (χ2n) is 6.64. The molecule has 0 spiro atoms. The molecule has 0 unspecified atom stereocenters. The molecular weight excluding hydrogens is 316 g/mol. The van der Waals surface area contributed by atoms with Crippen LogP contribution >= 0.6 is 0 Å². The quantitative estimate of drug-likeness (QED) is 0.766. The van der Waals surface area contributed by atoms with Crippen LogP contribution in [0.2, 0.25) is 0 Å². The van der Waals surface area contributed by atoms with E-state index in [0.29, 0.717) is 0 Å². The van der Waals surface area contributed by atoms with Crippen molar-refractivity contribution in [3.63, 3.8) is 0 Å². The molecule has 0 fully saturated rings. The second kappa shape index (κ2) is 6.27. The molecule has 6 heteroatoms. The van der Waals surface area contributed by atoms with Crippen molar-refractivity contribution in [2.24, 2.45) is 7.05 Å². The van der Waals surface area contributed by atoms with Gasteiger partial charge in [0.05, 0.1) is 18.3 Å². The molecule has 0 aliphatic heterocycles. The van der Waals surface area contributed by atoms with E-state index >= 15 is 0 Å². The molecule has 0 saturated heterocycles. The number of carbonyl (C=O) groups excluding carboxylic acids is 1. The Morgan fingerprint density at radius 1 is 1.40 bits per heavy atom. The Kier molecular flexibility index (Phi) is 3.95. The highest BCUT2D eigenvalue weighted by molar-refractivity contribution is 5.78. The van der Waals surface area contributed by atoms with E-state index in [2.05, 4.69) is 15.7 Å². The fourth-order valence-electron chi connectivity index (χ4n) is 3.54. The molecule has 0 radical (unpaired) electrons. The van der Waals surface area contributed by atoms with E-state index in [4.69, 9.17) is 4.42 Å². The number of nitrogens with zero attached hydrogens (tertiary/aromatic N) is 2. The second-order valence-corrected chi connectivity index (χ2v) is 6.64. The average molecular weight is 338 g/mol. The fraction of sp³-hybridized carbons (Fsp3) is 0.368. The van der Waals surface area contributed by atoms with Gasteiger partial charge in [-0.05, 0) is 38.3 Å². The van der Waals surface area contributed by atoms with Crippen LogP contribution in [0.5, 0.6) is 0 Å². The fourth-order valence-corrected chi connectivity index (χ4v) is 3.54. The first-order valence-electron chi connectivity index (χ1n) is 8.68. The number of carbonyl (C=O) groups is 1. The van der Waals surface area contributed by atoms with Gasteiger partial charge in [0.25, 0.3) is 0 Å². The van der Waals surface area contributed by atoms with Crippen LogP contribution in [0.1, 0.15) is 48.9 Å². The summed E-state index contributed by atoms with van der Waals surface area (Å²) in [6, 6.07) is 9.44. The Balaban J connectivity index is 1.43. The largest absolute Gasteiger partial charge is 0.459 e. The van der Waals surface area contributed by atoms with Crippen LogP contribution in [-0.2, 0) is 13.5 Å². The third kappa shape index (κ3) is 2.99. The van der Waals surface area contributed by atoms with Crippen LogP contribution in [0.15, 0.2) is 40.9 Å². The van der Waals surface area contributed by atoms with Crippen LogP contribution < -0.4 is 10.6 Å². The van der Waals surface area contributed by atoms with Crippen molar-refractivity contribution in [3.05, 3.63) is 53.5 Å². The third-order valence-electron chi connectivity index (χ3n) is 4.90. The molecule has 1 aliphatic rings. The summed E-state index contributed by atoms with van der Waals surface area (Å²) in [7, 11) is 1.95. The van der Waals surface area contributed by atoms with E-state index in [1.54, 1.807) is 0 Å². The number of nitrogens with one attached hydrogen (secondary N) is 2. The van der Waals surface area contributed by atoms with Crippen molar-refractivity contribution in [1.29, 1.82) is 0 Å². The summed E-state index contributed by atoms with van der Waals surface area (Å²) < 4.78 is 7.73. The van der Waals surface area contributed by atoms with Crippen LogP contribution in [0, 0.1) is 0 Å². The number of para-hydroxylation sites is 1. The van der Waals surface area contributed by atoms with Gasteiger partial charge in [0.2, 0.25) is 0 Å². The highest BCUT2D eigenvalue weighted by Gasteiger charge is 2.25. The molecule has 130 valence electrons. The minimum Gasteiger partial charge on any atom is -0.459 e. The smallest absolute Gasteiger partial charge is 0.315 e. The number of benzene rings is 1. The maximum absolute atomic E-state index is 12.4. The Hall–Kier alpha value is -2.76. The molecule has 6 nitrogen and oxygen atoms in total. The SMILES string of the molecule is C[C@H](NC(=O)N[C@H]1CCCc2c1cnn2C)c1cc2ccccc2o1. The Bertz CT molecular complexity index is 878. The van der Waals surface area contributed by atoms with E-state index in [1.165, 1.54) is 5.69 Å². The van der Waals surface area contributed by atoms with Crippen molar-refractivity contribution in [2.45, 2.75) is 38.3 Å². The van der Waals surface area contributed by atoms with Crippen LogP contribution in [0.4, 0.5) is 4.79 Å². The van der Waals surface area contributed by atoms with Gasteiger partial charge in [-0.25, -0.2) is 4.79 Å². The number of aromatic nitrogens is 2. The molecule has 2 atom stereocenters. The average Bonchev–Trinajstić information content (AvgIpc) is 3.19. The van der Waals surface area contributed by atoms with Gasteiger partial charge in [-0.1, -0.05) is 18.2 Å². The monoisotopic (exact) mass is 338 g/mol. The highest BCUT2D eigenvalue weighted by Crippen LogP contribution is 2.29. The Morgan fingerprint density at radius 3 is 3.08 bits per heavy atom. The predicted molar refractivity (Wildman–Crippen MR) is 95.2 cm³/mol. The number of fused-ring (bicyclic) bond motifs is 2. The van der Waals surface area contributed by atoms with Gasteiger partial charge in [-0.2, -0.15) is 5.10 Å². The van der Waals surface area contributed by atoms with Gasteiger partial charge in [-0.15, -0.1) is 0 Å². The predicted octanol–water partition coefficient (Wildman–Crippen LogP) is 3.60. The van der Waals surface area contributed by atoms with Crippen molar-refractivity contribution >= 4 is 17.0 Å². The summed E-state index contributed by atoms with van der Waals surface area (Å²) in [5.41, 5.74) is 3.17. The molecular formula is C19H22N4O2. The van der Waals surface area contributed by atoms with Gasteiger partial charge in [0.15, 0.2) is 0 Å². The standard InChI is InChI=1S/C19H22N4O2/c1-12(18-10-13-6-3-4-9-17(13)25-18)21-19(24)22-15-7-5-8-16-14(15)11-20-23(16)2/h3-4,6,9-12,15H,5,7-8H2,1-2H3,(H2,21,22,24)/t12-,15-/m0/s1. The number of furan rings is 1. The number of rotatable bonds is 3. The number of hydrogen-bond donors (Lipinski definition) is 2. The van der Waals surface area contributed by atoms with Gasteiger partial charge >= 0.3 is 6.03 Å². The molecule has 1 aromatic carbocycles. The highest BCUT2D eigenvalue weighted by atomic mass is 16.3. The van der Waals surface area contributed by atoms with E-state index in [-0.39, 0.29) is 18.1 Å². The van der Waals surface area contributed by atoms with Crippen molar-refractivity contribution < 1.29 is 9.21 Å². The van der Waals surface area contributed by atoms with E-state index in [0.717, 1.165) is 41.6 Å². The maximum atomic E-state index is 12.4. The molecule has 1 aliphatic carbocycles. The normalized spacial score (nSPS) is 17.9. The lowest BCUT2D eigenvalue weighted by Crippen LogP contribution is -2.40. The van der Waals surface area contributed by atoms with Gasteiger partial charge in [0, 0.05) is 23.7 Å². The molecule has 2 amide bonds. The number of aryl methyl sites for hydroxylation is 1. The van der Waals surface area contributed by atoms with Crippen molar-refractivity contribution in [1.82, 2.24) is 20.4 Å². The van der Waals surface area contributed by atoms with E-state index < -0.39 is 0 Å². The molecule has 2 N–H and O–H groups in total. The molecule has 3 aromatic rings. The molecule has 2 aromatic heterocycles. The third-order valence-corrected chi connectivity index (χ3v) is 4.90. The van der Waals surface area contributed by atoms with E-state index in [1.807, 2.05) is 55.2 Å². The maximum Gasteiger partial charge on any atom is 0.315 e. The zero-order chi connectivity index (χ0) is 17.4. The summed E-state index contributed by atoms with van der Waals surface area (Å²) in [5.74, 6) is 0.752. The zero-order valence-electron chi connectivity index (χ0n) is 14.5. The lowest BCUT2D eigenvalue weighted by Gasteiger charge is -2.24. The van der Waals surface area contributed by atoms with Crippen LogP contribution in [-0.4, -0.2) is 15.8 Å². The van der Waals surface area contributed by atoms with E-state index in [9.17, 15) is 4.79 Å². The lowest BCUT2D eigenvalue weighted by atomic mass is 9.93. The number of amides is 2. The van der Waals surface area contributed by atoms with Gasteiger partial charge in [0.1, 0.15) is 11.3 Å². The minimum atomic E-state index is -0.204.